The zero-order valence-electron chi connectivity index (χ0n) is 6.59. The zero-order valence-corrected chi connectivity index (χ0v) is 7.35. The first kappa shape index (κ1) is 9.76. The summed E-state index contributed by atoms with van der Waals surface area (Å²) in [5.41, 5.74) is 7.76. The minimum Gasteiger partial charge on any atom is -0.369 e. The Labute approximate surface area is 79.4 Å². The van der Waals surface area contributed by atoms with Crippen LogP contribution in [0, 0.1) is 5.82 Å². The number of nitrogens with zero attached hydrogens (tertiary/aromatic N) is 1. The Morgan fingerprint density at radius 2 is 2.23 bits per heavy atom. The maximum atomic E-state index is 12.6. The quantitative estimate of drug-likeness (QED) is 0.274. The molecule has 5 N–H and O–H groups in total. The Balaban J connectivity index is 3.03. The Bertz CT molecular complexity index is 339. The number of guanidine groups is 1. The summed E-state index contributed by atoms with van der Waals surface area (Å²) in [6.45, 7) is 0. The molecule has 0 fully saturated rings. The molecule has 0 aromatic heterocycles. The van der Waals surface area contributed by atoms with Crippen molar-refractivity contribution in [1.29, 1.82) is 0 Å². The number of aliphatic imine (C=N–C) groups is 1. The Morgan fingerprint density at radius 3 is 2.77 bits per heavy atom. The van der Waals surface area contributed by atoms with Gasteiger partial charge < -0.3 is 5.73 Å². The fraction of sp³-hybridized carbons (Fsp3) is 0. The van der Waals surface area contributed by atoms with E-state index in [0.29, 0.717) is 5.69 Å². The van der Waals surface area contributed by atoms with Crippen LogP contribution in [0.4, 0.5) is 10.1 Å². The second kappa shape index (κ2) is 4.06. The second-order valence-corrected chi connectivity index (χ2v) is 2.64. The predicted octanol–water partition coefficient (Wildman–Crippen LogP) is 0.889. The number of halogens is 2. The van der Waals surface area contributed by atoms with Gasteiger partial charge in [0.15, 0.2) is 0 Å². The highest BCUT2D eigenvalue weighted by atomic mass is 35.5. The predicted molar refractivity (Wildman–Crippen MR) is 50.0 cm³/mol. The molecule has 0 atom stereocenters. The normalized spacial score (nSPS) is 11.5. The Kier molecular flexibility index (Phi) is 3.05. The summed E-state index contributed by atoms with van der Waals surface area (Å²) in [5.74, 6) is 4.56. The number of hydrogen-bond donors (Lipinski definition) is 3. The van der Waals surface area contributed by atoms with E-state index in [1.54, 1.807) is 0 Å². The molecule has 6 heteroatoms. The molecule has 0 aliphatic rings. The first-order valence-electron chi connectivity index (χ1n) is 3.39. The van der Waals surface area contributed by atoms with Crippen molar-refractivity contribution < 1.29 is 4.39 Å². The molecule has 70 valence electrons. The van der Waals surface area contributed by atoms with Crippen molar-refractivity contribution in [3.63, 3.8) is 0 Å². The third kappa shape index (κ3) is 2.57. The van der Waals surface area contributed by atoms with Gasteiger partial charge in [-0.15, -0.1) is 0 Å². The summed E-state index contributed by atoms with van der Waals surface area (Å²) in [7, 11) is 0. The second-order valence-electron chi connectivity index (χ2n) is 2.24. The van der Waals surface area contributed by atoms with Crippen molar-refractivity contribution in [2.75, 3.05) is 0 Å². The number of nitrogens with two attached hydrogens (primary N) is 2. The molecule has 0 spiro atoms. The van der Waals surface area contributed by atoms with E-state index in [1.165, 1.54) is 12.1 Å². The van der Waals surface area contributed by atoms with Crippen LogP contribution in [-0.2, 0) is 0 Å². The summed E-state index contributed by atoms with van der Waals surface area (Å²) in [4.78, 5) is 3.78. The molecule has 1 rings (SSSR count). The van der Waals surface area contributed by atoms with E-state index in [0.717, 1.165) is 6.07 Å². The summed E-state index contributed by atoms with van der Waals surface area (Å²) < 4.78 is 12.6. The van der Waals surface area contributed by atoms with Gasteiger partial charge in [-0.1, -0.05) is 11.6 Å². The lowest BCUT2D eigenvalue weighted by Gasteiger charge is -2.00. The summed E-state index contributed by atoms with van der Waals surface area (Å²) >= 11 is 5.66. The van der Waals surface area contributed by atoms with E-state index >= 15 is 0 Å². The summed E-state index contributed by atoms with van der Waals surface area (Å²) in [5, 5.41) is 0.179. The number of nitrogens with one attached hydrogen (secondary N) is 1. The molecule has 0 aliphatic carbocycles. The van der Waals surface area contributed by atoms with Crippen LogP contribution in [0.2, 0.25) is 5.02 Å². The molecule has 0 heterocycles. The van der Waals surface area contributed by atoms with E-state index in [-0.39, 0.29) is 11.0 Å². The van der Waals surface area contributed by atoms with Crippen LogP contribution in [-0.4, -0.2) is 5.96 Å². The van der Waals surface area contributed by atoms with Gasteiger partial charge in [0, 0.05) is 0 Å². The van der Waals surface area contributed by atoms with Crippen molar-refractivity contribution in [1.82, 2.24) is 5.43 Å². The van der Waals surface area contributed by atoms with Gasteiger partial charge in [-0.2, -0.15) is 0 Å². The number of hydrazine groups is 1. The minimum atomic E-state index is -0.428. The molecule has 0 saturated heterocycles. The largest absolute Gasteiger partial charge is 0.369 e. The molecule has 0 aliphatic heterocycles. The van der Waals surface area contributed by atoms with E-state index in [1.807, 2.05) is 0 Å². The van der Waals surface area contributed by atoms with Crippen molar-refractivity contribution in [3.8, 4) is 0 Å². The van der Waals surface area contributed by atoms with Crippen molar-refractivity contribution in [2.45, 2.75) is 0 Å². The highest BCUT2D eigenvalue weighted by Crippen LogP contribution is 2.24. The fourth-order valence-corrected chi connectivity index (χ4v) is 0.943. The monoisotopic (exact) mass is 202 g/mol. The lowest BCUT2D eigenvalue weighted by atomic mass is 10.3. The van der Waals surface area contributed by atoms with Gasteiger partial charge in [-0.05, 0) is 18.2 Å². The summed E-state index contributed by atoms with van der Waals surface area (Å²) in [6.07, 6.45) is 0. The average molecular weight is 203 g/mol. The summed E-state index contributed by atoms with van der Waals surface area (Å²) in [6, 6.07) is 3.78. The van der Waals surface area contributed by atoms with Crippen LogP contribution in [0.15, 0.2) is 23.2 Å². The standard InChI is InChI=1S/C7H8ClFN4/c8-5-3-4(9)1-2-6(5)12-7(10)13-11/h1-3H,11H2,(H3,10,12,13). The SMILES string of the molecule is NNC(N)=Nc1ccc(F)cc1Cl. The number of hydrogen-bond acceptors (Lipinski definition) is 2. The molecular formula is C7H8ClFN4. The van der Waals surface area contributed by atoms with Gasteiger partial charge in [0.1, 0.15) is 5.82 Å². The van der Waals surface area contributed by atoms with Gasteiger partial charge in [0.05, 0.1) is 10.7 Å². The Morgan fingerprint density at radius 1 is 1.54 bits per heavy atom. The molecule has 0 bridgehead atoms. The van der Waals surface area contributed by atoms with Crippen LogP contribution >= 0.6 is 11.6 Å². The van der Waals surface area contributed by atoms with Crippen molar-refractivity contribution in [3.05, 3.63) is 29.0 Å². The molecule has 0 saturated carbocycles. The van der Waals surface area contributed by atoms with Gasteiger partial charge >= 0.3 is 0 Å². The molecule has 13 heavy (non-hydrogen) atoms. The van der Waals surface area contributed by atoms with E-state index in [2.05, 4.69) is 10.4 Å². The minimum absolute atomic E-state index is 0.00788. The Hall–Kier alpha value is -1.33. The third-order valence-corrected chi connectivity index (χ3v) is 1.60. The van der Waals surface area contributed by atoms with E-state index in [4.69, 9.17) is 23.2 Å². The van der Waals surface area contributed by atoms with Crippen LogP contribution in [0.3, 0.4) is 0 Å². The molecule has 4 nitrogen and oxygen atoms in total. The van der Waals surface area contributed by atoms with Gasteiger partial charge in [-0.3, -0.25) is 5.43 Å². The molecular weight excluding hydrogens is 195 g/mol. The molecule has 0 amide bonds. The lowest BCUT2D eigenvalue weighted by Crippen LogP contribution is -2.36. The molecule has 0 radical (unpaired) electrons. The smallest absolute Gasteiger partial charge is 0.208 e. The van der Waals surface area contributed by atoms with Gasteiger partial charge in [0.2, 0.25) is 5.96 Å². The van der Waals surface area contributed by atoms with Crippen LogP contribution in [0.25, 0.3) is 0 Å². The van der Waals surface area contributed by atoms with Crippen LogP contribution < -0.4 is 17.0 Å². The first-order chi connectivity index (χ1) is 6.13. The lowest BCUT2D eigenvalue weighted by molar-refractivity contribution is 0.628. The van der Waals surface area contributed by atoms with Crippen molar-refractivity contribution >= 4 is 23.2 Å². The first-order valence-corrected chi connectivity index (χ1v) is 3.77. The maximum Gasteiger partial charge on any atom is 0.208 e. The molecule has 1 aromatic rings. The highest BCUT2D eigenvalue weighted by Gasteiger charge is 2.00. The number of rotatable bonds is 1. The zero-order chi connectivity index (χ0) is 9.84. The average Bonchev–Trinajstić information content (AvgIpc) is 2.09. The highest BCUT2D eigenvalue weighted by molar-refractivity contribution is 6.33. The molecule has 0 unspecified atom stereocenters. The van der Waals surface area contributed by atoms with E-state index in [9.17, 15) is 4.39 Å². The van der Waals surface area contributed by atoms with Gasteiger partial charge in [-0.25, -0.2) is 15.2 Å². The van der Waals surface area contributed by atoms with Crippen molar-refractivity contribution in [2.24, 2.45) is 16.6 Å². The topological polar surface area (TPSA) is 76.4 Å². The van der Waals surface area contributed by atoms with Gasteiger partial charge in [0.25, 0.3) is 0 Å². The number of benzene rings is 1. The maximum absolute atomic E-state index is 12.6. The molecule has 1 aromatic carbocycles. The fourth-order valence-electron chi connectivity index (χ4n) is 0.734. The van der Waals surface area contributed by atoms with Crippen LogP contribution in [0.5, 0.6) is 0 Å². The van der Waals surface area contributed by atoms with E-state index < -0.39 is 5.82 Å². The van der Waals surface area contributed by atoms with Crippen LogP contribution in [0.1, 0.15) is 0 Å². The third-order valence-electron chi connectivity index (χ3n) is 1.30.